The fraction of sp³-hybridized carbons (Fsp3) is 0.300. The molecule has 27 heavy (non-hydrogen) atoms. The summed E-state index contributed by atoms with van der Waals surface area (Å²) in [6.07, 6.45) is 1.70. The van der Waals surface area contributed by atoms with Crippen molar-refractivity contribution in [3.63, 3.8) is 0 Å². The molecule has 0 aliphatic carbocycles. The lowest BCUT2D eigenvalue weighted by atomic mass is 9.96. The Labute approximate surface area is 157 Å². The molecule has 3 rings (SSSR count). The van der Waals surface area contributed by atoms with Crippen molar-refractivity contribution in [3.8, 4) is 0 Å². The van der Waals surface area contributed by atoms with Crippen molar-refractivity contribution in [1.82, 2.24) is 4.90 Å². The Morgan fingerprint density at radius 3 is 2.48 bits per heavy atom. The number of nitro benzene ring substituents is 1. The molecule has 0 spiro atoms. The molecule has 1 aliphatic rings. The van der Waals surface area contributed by atoms with Gasteiger partial charge in [-0.15, -0.1) is 0 Å². The summed E-state index contributed by atoms with van der Waals surface area (Å²) in [6.45, 7) is 1.02. The van der Waals surface area contributed by atoms with Gasteiger partial charge in [0.2, 0.25) is 11.8 Å². The van der Waals surface area contributed by atoms with Gasteiger partial charge < -0.3 is 10.2 Å². The van der Waals surface area contributed by atoms with Gasteiger partial charge in [-0.05, 0) is 30.5 Å². The molecule has 1 aliphatic heterocycles. The summed E-state index contributed by atoms with van der Waals surface area (Å²) in [6, 6.07) is 15.3. The Morgan fingerprint density at radius 2 is 1.81 bits per heavy atom. The average molecular weight is 367 g/mol. The van der Waals surface area contributed by atoms with Gasteiger partial charge in [0, 0.05) is 30.9 Å². The maximum absolute atomic E-state index is 12.6. The maximum atomic E-state index is 12.6. The highest BCUT2D eigenvalue weighted by atomic mass is 16.6. The number of benzene rings is 2. The molecule has 0 radical (unpaired) electrons. The van der Waals surface area contributed by atoms with Gasteiger partial charge in [-0.3, -0.25) is 19.7 Å². The van der Waals surface area contributed by atoms with Crippen molar-refractivity contribution < 1.29 is 14.5 Å². The molecule has 1 fully saturated rings. The normalized spacial score (nSPS) is 16.6. The summed E-state index contributed by atoms with van der Waals surface area (Å²) >= 11 is 0. The van der Waals surface area contributed by atoms with E-state index < -0.39 is 4.92 Å². The number of nitro groups is 1. The number of amides is 2. The first-order valence-electron chi connectivity index (χ1n) is 8.90. The lowest BCUT2D eigenvalue weighted by Crippen LogP contribution is -2.44. The molecular weight excluding hydrogens is 346 g/mol. The summed E-state index contributed by atoms with van der Waals surface area (Å²) in [4.78, 5) is 37.0. The molecule has 7 heteroatoms. The quantitative estimate of drug-likeness (QED) is 0.649. The van der Waals surface area contributed by atoms with Gasteiger partial charge in [0.05, 0.1) is 17.3 Å². The van der Waals surface area contributed by atoms with Gasteiger partial charge in [-0.2, -0.15) is 0 Å². The third kappa shape index (κ3) is 4.91. The summed E-state index contributed by atoms with van der Waals surface area (Å²) < 4.78 is 0. The van der Waals surface area contributed by atoms with Crippen LogP contribution in [-0.4, -0.2) is 34.7 Å². The van der Waals surface area contributed by atoms with Crippen molar-refractivity contribution in [2.24, 2.45) is 5.92 Å². The molecule has 7 nitrogen and oxygen atoms in total. The van der Waals surface area contributed by atoms with E-state index in [1.54, 1.807) is 17.0 Å². The van der Waals surface area contributed by atoms with Crippen LogP contribution in [0.15, 0.2) is 54.6 Å². The largest absolute Gasteiger partial charge is 0.342 e. The Kier molecular flexibility index (Phi) is 5.80. The van der Waals surface area contributed by atoms with Crippen LogP contribution in [0.5, 0.6) is 0 Å². The number of likely N-dealkylation sites (tertiary alicyclic amines) is 1. The minimum Gasteiger partial charge on any atom is -0.342 e. The first-order chi connectivity index (χ1) is 13.0. The lowest BCUT2D eigenvalue weighted by Gasteiger charge is -2.32. The van der Waals surface area contributed by atoms with Gasteiger partial charge in [0.1, 0.15) is 0 Å². The zero-order chi connectivity index (χ0) is 19.2. The lowest BCUT2D eigenvalue weighted by molar-refractivity contribution is -0.384. The Morgan fingerprint density at radius 1 is 1.11 bits per heavy atom. The SMILES string of the molecule is O=C(Nc1ccccc1)C1CCCN(C(=O)Cc2ccc([N+](=O)[O-])cc2)C1. The zero-order valence-corrected chi connectivity index (χ0v) is 14.8. The number of hydrogen-bond acceptors (Lipinski definition) is 4. The monoisotopic (exact) mass is 367 g/mol. The van der Waals surface area contributed by atoms with Gasteiger partial charge in [0.25, 0.3) is 5.69 Å². The number of carbonyl (C=O) groups excluding carboxylic acids is 2. The highest BCUT2D eigenvalue weighted by Crippen LogP contribution is 2.20. The molecule has 1 saturated heterocycles. The molecule has 0 bridgehead atoms. The predicted octanol–water partition coefficient (Wildman–Crippen LogP) is 3.01. The first kappa shape index (κ1) is 18.6. The fourth-order valence-corrected chi connectivity index (χ4v) is 3.21. The van der Waals surface area contributed by atoms with Crippen LogP contribution in [0.25, 0.3) is 0 Å². The molecule has 1 atom stereocenters. The smallest absolute Gasteiger partial charge is 0.269 e. The number of nitrogens with one attached hydrogen (secondary N) is 1. The van der Waals surface area contributed by atoms with E-state index in [0.29, 0.717) is 13.1 Å². The van der Waals surface area contributed by atoms with E-state index in [1.165, 1.54) is 12.1 Å². The number of rotatable bonds is 5. The number of para-hydroxylation sites is 1. The van der Waals surface area contributed by atoms with Crippen LogP contribution in [0.1, 0.15) is 18.4 Å². The van der Waals surface area contributed by atoms with Crippen LogP contribution in [0.3, 0.4) is 0 Å². The molecule has 2 amide bonds. The van der Waals surface area contributed by atoms with Crippen molar-refractivity contribution in [1.29, 1.82) is 0 Å². The second-order valence-electron chi connectivity index (χ2n) is 6.63. The average Bonchev–Trinajstić information content (AvgIpc) is 2.69. The minimum atomic E-state index is -0.466. The van der Waals surface area contributed by atoms with Crippen LogP contribution in [0.4, 0.5) is 11.4 Å². The van der Waals surface area contributed by atoms with E-state index >= 15 is 0 Å². The molecule has 0 aromatic heterocycles. The van der Waals surface area contributed by atoms with Crippen LogP contribution in [0, 0.1) is 16.0 Å². The summed E-state index contributed by atoms with van der Waals surface area (Å²) in [5.74, 6) is -0.380. The van der Waals surface area contributed by atoms with E-state index in [4.69, 9.17) is 0 Å². The molecule has 1 unspecified atom stereocenters. The third-order valence-electron chi connectivity index (χ3n) is 4.69. The molecule has 2 aromatic carbocycles. The Bertz CT molecular complexity index is 821. The van der Waals surface area contributed by atoms with Gasteiger partial charge >= 0.3 is 0 Å². The Hall–Kier alpha value is -3.22. The number of non-ortho nitro benzene ring substituents is 1. The zero-order valence-electron chi connectivity index (χ0n) is 14.8. The van der Waals surface area contributed by atoms with E-state index in [2.05, 4.69) is 5.32 Å². The topological polar surface area (TPSA) is 92.6 Å². The van der Waals surface area contributed by atoms with Crippen LogP contribution >= 0.6 is 0 Å². The van der Waals surface area contributed by atoms with Gasteiger partial charge in [0.15, 0.2) is 0 Å². The second-order valence-corrected chi connectivity index (χ2v) is 6.63. The first-order valence-corrected chi connectivity index (χ1v) is 8.90. The minimum absolute atomic E-state index is 0.00168. The summed E-state index contributed by atoms with van der Waals surface area (Å²) in [7, 11) is 0. The van der Waals surface area contributed by atoms with E-state index in [-0.39, 0.29) is 29.8 Å². The Balaban J connectivity index is 1.57. The van der Waals surface area contributed by atoms with Crippen LogP contribution in [0.2, 0.25) is 0 Å². The maximum Gasteiger partial charge on any atom is 0.269 e. The molecule has 140 valence electrons. The number of hydrogen-bond donors (Lipinski definition) is 1. The highest BCUT2D eigenvalue weighted by Gasteiger charge is 2.28. The molecule has 1 N–H and O–H groups in total. The summed E-state index contributed by atoms with van der Waals surface area (Å²) in [5.41, 5.74) is 1.47. The fourth-order valence-electron chi connectivity index (χ4n) is 3.21. The molecule has 1 heterocycles. The van der Waals surface area contributed by atoms with Crippen LogP contribution in [-0.2, 0) is 16.0 Å². The number of carbonyl (C=O) groups is 2. The van der Waals surface area contributed by atoms with Crippen LogP contribution < -0.4 is 5.32 Å². The molecular formula is C20H21N3O4. The predicted molar refractivity (Wildman–Crippen MR) is 101 cm³/mol. The van der Waals surface area contributed by atoms with Crippen molar-refractivity contribution in [2.45, 2.75) is 19.3 Å². The molecule has 2 aromatic rings. The van der Waals surface area contributed by atoms with Gasteiger partial charge in [-0.1, -0.05) is 30.3 Å². The number of anilines is 1. The highest BCUT2D eigenvalue weighted by molar-refractivity contribution is 5.93. The van der Waals surface area contributed by atoms with E-state index in [0.717, 1.165) is 24.1 Å². The van der Waals surface area contributed by atoms with Crippen molar-refractivity contribution >= 4 is 23.2 Å². The van der Waals surface area contributed by atoms with Crippen molar-refractivity contribution in [3.05, 3.63) is 70.3 Å². The summed E-state index contributed by atoms with van der Waals surface area (Å²) in [5, 5.41) is 13.6. The second kappa shape index (κ2) is 8.44. The van der Waals surface area contributed by atoms with Gasteiger partial charge in [-0.25, -0.2) is 0 Å². The van der Waals surface area contributed by atoms with E-state index in [1.807, 2.05) is 30.3 Å². The standard InChI is InChI=1S/C20H21N3O4/c24-19(13-15-8-10-18(11-9-15)23(26)27)22-12-4-5-16(14-22)20(25)21-17-6-2-1-3-7-17/h1-3,6-11,16H,4-5,12-14H2,(H,21,25). The third-order valence-corrected chi connectivity index (χ3v) is 4.69. The van der Waals surface area contributed by atoms with Crippen molar-refractivity contribution in [2.75, 3.05) is 18.4 Å². The van der Waals surface area contributed by atoms with E-state index in [9.17, 15) is 19.7 Å². The number of nitrogens with zero attached hydrogens (tertiary/aromatic N) is 2. The molecule has 0 saturated carbocycles. The number of piperidine rings is 1.